The van der Waals surface area contributed by atoms with Gasteiger partial charge in [0.1, 0.15) is 5.76 Å². The molecule has 0 aliphatic heterocycles. The molecule has 21 heavy (non-hydrogen) atoms. The molecule has 0 bridgehead atoms. The van der Waals surface area contributed by atoms with Gasteiger partial charge in [-0.15, -0.1) is 0 Å². The molecule has 1 heterocycles. The number of carbonyl (C=O) groups is 1. The standard InChI is InChI=1S/C17H20N2O2/c18-10-9-13-3-5-14(6-4-13)17(20)19(15-7-8-15)12-16-2-1-11-21-16/h1-6,11,15H,7-10,12,18H2. The maximum absolute atomic E-state index is 12.7. The van der Waals surface area contributed by atoms with Crippen molar-refractivity contribution in [3.8, 4) is 0 Å². The molecule has 1 aromatic carbocycles. The molecule has 0 atom stereocenters. The minimum absolute atomic E-state index is 0.0770. The summed E-state index contributed by atoms with van der Waals surface area (Å²) in [4.78, 5) is 14.6. The third-order valence-electron chi connectivity index (χ3n) is 3.79. The lowest BCUT2D eigenvalue weighted by molar-refractivity contribution is 0.0717. The fourth-order valence-electron chi connectivity index (χ4n) is 2.47. The van der Waals surface area contributed by atoms with Crippen molar-refractivity contribution in [1.29, 1.82) is 0 Å². The summed E-state index contributed by atoms with van der Waals surface area (Å²) in [6.07, 6.45) is 4.65. The molecule has 0 spiro atoms. The van der Waals surface area contributed by atoms with E-state index in [2.05, 4.69) is 0 Å². The van der Waals surface area contributed by atoms with Gasteiger partial charge in [0.2, 0.25) is 0 Å². The fourth-order valence-corrected chi connectivity index (χ4v) is 2.47. The van der Waals surface area contributed by atoms with Crippen LogP contribution in [0.2, 0.25) is 0 Å². The average molecular weight is 284 g/mol. The quantitative estimate of drug-likeness (QED) is 0.887. The van der Waals surface area contributed by atoms with Crippen LogP contribution < -0.4 is 5.73 Å². The van der Waals surface area contributed by atoms with Crippen molar-refractivity contribution in [3.63, 3.8) is 0 Å². The Balaban J connectivity index is 1.74. The van der Waals surface area contributed by atoms with E-state index >= 15 is 0 Å². The molecule has 1 aliphatic carbocycles. The summed E-state index contributed by atoms with van der Waals surface area (Å²) >= 11 is 0. The number of hydrogen-bond donors (Lipinski definition) is 1. The van der Waals surface area contributed by atoms with Crippen molar-refractivity contribution >= 4 is 5.91 Å². The van der Waals surface area contributed by atoms with Gasteiger partial charge in [0, 0.05) is 11.6 Å². The number of nitrogens with zero attached hydrogens (tertiary/aromatic N) is 1. The molecule has 110 valence electrons. The van der Waals surface area contributed by atoms with E-state index in [0.717, 1.165) is 36.1 Å². The zero-order chi connectivity index (χ0) is 14.7. The number of benzene rings is 1. The number of amides is 1. The molecule has 2 N–H and O–H groups in total. The predicted octanol–water partition coefficient (Wildman–Crippen LogP) is 2.59. The molecule has 1 aromatic heterocycles. The average Bonchev–Trinajstić information content (AvgIpc) is 3.22. The van der Waals surface area contributed by atoms with Gasteiger partial charge in [0.05, 0.1) is 12.8 Å². The Bertz CT molecular complexity index is 586. The molecule has 0 unspecified atom stereocenters. The molecule has 4 nitrogen and oxygen atoms in total. The minimum Gasteiger partial charge on any atom is -0.467 e. The maximum atomic E-state index is 12.7. The van der Waals surface area contributed by atoms with Gasteiger partial charge >= 0.3 is 0 Å². The van der Waals surface area contributed by atoms with E-state index in [0.29, 0.717) is 19.1 Å². The lowest BCUT2D eigenvalue weighted by Gasteiger charge is -2.21. The monoisotopic (exact) mass is 284 g/mol. The number of hydrogen-bond acceptors (Lipinski definition) is 3. The molecule has 1 aliphatic rings. The molecule has 3 rings (SSSR count). The van der Waals surface area contributed by atoms with Gasteiger partial charge in [-0.05, 0) is 55.6 Å². The molecule has 1 fully saturated rings. The van der Waals surface area contributed by atoms with Crippen molar-refractivity contribution < 1.29 is 9.21 Å². The Morgan fingerprint density at radius 1 is 1.24 bits per heavy atom. The van der Waals surface area contributed by atoms with Gasteiger partial charge in [0.25, 0.3) is 5.91 Å². The highest BCUT2D eigenvalue weighted by Gasteiger charge is 2.33. The number of furan rings is 1. The number of nitrogens with two attached hydrogens (primary N) is 1. The highest BCUT2D eigenvalue weighted by molar-refractivity contribution is 5.94. The van der Waals surface area contributed by atoms with E-state index in [1.165, 1.54) is 0 Å². The van der Waals surface area contributed by atoms with Crippen LogP contribution in [0.25, 0.3) is 0 Å². The zero-order valence-electron chi connectivity index (χ0n) is 12.0. The minimum atomic E-state index is 0.0770. The maximum Gasteiger partial charge on any atom is 0.254 e. The van der Waals surface area contributed by atoms with Crippen molar-refractivity contribution in [2.24, 2.45) is 5.73 Å². The highest BCUT2D eigenvalue weighted by atomic mass is 16.3. The Labute approximate surface area is 124 Å². The van der Waals surface area contributed by atoms with Gasteiger partial charge in [0.15, 0.2) is 0 Å². The first-order chi connectivity index (χ1) is 10.3. The second-order valence-corrected chi connectivity index (χ2v) is 5.48. The van der Waals surface area contributed by atoms with Crippen molar-refractivity contribution in [2.45, 2.75) is 31.8 Å². The van der Waals surface area contributed by atoms with Crippen LogP contribution in [0.5, 0.6) is 0 Å². The first kappa shape index (κ1) is 13.9. The third-order valence-corrected chi connectivity index (χ3v) is 3.79. The summed E-state index contributed by atoms with van der Waals surface area (Å²) in [7, 11) is 0. The largest absolute Gasteiger partial charge is 0.467 e. The zero-order valence-corrected chi connectivity index (χ0v) is 12.0. The first-order valence-corrected chi connectivity index (χ1v) is 7.40. The van der Waals surface area contributed by atoms with E-state index < -0.39 is 0 Å². The summed E-state index contributed by atoms with van der Waals surface area (Å²) in [6.45, 7) is 1.17. The van der Waals surface area contributed by atoms with Gasteiger partial charge in [-0.1, -0.05) is 12.1 Å². The lowest BCUT2D eigenvalue weighted by atomic mass is 10.1. The van der Waals surface area contributed by atoms with E-state index in [9.17, 15) is 4.79 Å². The summed E-state index contributed by atoms with van der Waals surface area (Å²) < 4.78 is 5.37. The molecule has 0 radical (unpaired) electrons. The van der Waals surface area contributed by atoms with Crippen LogP contribution in [0, 0.1) is 0 Å². The predicted molar refractivity (Wildman–Crippen MR) is 80.8 cm³/mol. The van der Waals surface area contributed by atoms with Crippen molar-refractivity contribution in [3.05, 3.63) is 59.5 Å². The molecule has 4 heteroatoms. The number of rotatable bonds is 6. The van der Waals surface area contributed by atoms with Gasteiger partial charge < -0.3 is 15.1 Å². The Hall–Kier alpha value is -2.07. The van der Waals surface area contributed by atoms with Crippen molar-refractivity contribution in [1.82, 2.24) is 4.90 Å². The van der Waals surface area contributed by atoms with Crippen LogP contribution in [-0.2, 0) is 13.0 Å². The van der Waals surface area contributed by atoms with Gasteiger partial charge in [-0.2, -0.15) is 0 Å². The second kappa shape index (κ2) is 6.14. The van der Waals surface area contributed by atoms with Gasteiger partial charge in [-0.25, -0.2) is 0 Å². The van der Waals surface area contributed by atoms with E-state index in [1.54, 1.807) is 6.26 Å². The first-order valence-electron chi connectivity index (χ1n) is 7.40. The molecular weight excluding hydrogens is 264 g/mol. The van der Waals surface area contributed by atoms with Crippen LogP contribution in [0.4, 0.5) is 0 Å². The topological polar surface area (TPSA) is 59.5 Å². The van der Waals surface area contributed by atoms with Crippen LogP contribution in [0.3, 0.4) is 0 Å². The normalized spacial score (nSPS) is 14.1. The van der Waals surface area contributed by atoms with E-state index in [1.807, 2.05) is 41.3 Å². The summed E-state index contributed by atoms with van der Waals surface area (Å²) in [6, 6.07) is 11.9. The van der Waals surface area contributed by atoms with Crippen LogP contribution in [0.15, 0.2) is 47.1 Å². The highest BCUT2D eigenvalue weighted by Crippen LogP contribution is 2.30. The van der Waals surface area contributed by atoms with Gasteiger partial charge in [-0.3, -0.25) is 4.79 Å². The van der Waals surface area contributed by atoms with Crippen LogP contribution >= 0.6 is 0 Å². The fraction of sp³-hybridized carbons (Fsp3) is 0.353. The van der Waals surface area contributed by atoms with E-state index in [4.69, 9.17) is 10.2 Å². The summed E-state index contributed by atoms with van der Waals surface area (Å²) in [5.74, 6) is 0.906. The lowest BCUT2D eigenvalue weighted by Crippen LogP contribution is -2.32. The van der Waals surface area contributed by atoms with Crippen molar-refractivity contribution in [2.75, 3.05) is 6.54 Å². The molecule has 0 saturated heterocycles. The molecule has 1 amide bonds. The molecule has 2 aromatic rings. The Morgan fingerprint density at radius 2 is 2.00 bits per heavy atom. The summed E-state index contributed by atoms with van der Waals surface area (Å²) in [5.41, 5.74) is 7.44. The Kier molecular flexibility index (Phi) is 4.06. The number of carbonyl (C=O) groups excluding carboxylic acids is 1. The summed E-state index contributed by atoms with van der Waals surface area (Å²) in [5, 5.41) is 0. The second-order valence-electron chi connectivity index (χ2n) is 5.48. The molecular formula is C17H20N2O2. The van der Waals surface area contributed by atoms with Crippen LogP contribution in [0.1, 0.15) is 34.5 Å². The smallest absolute Gasteiger partial charge is 0.254 e. The third kappa shape index (κ3) is 3.34. The SMILES string of the molecule is NCCc1ccc(C(=O)N(Cc2ccco2)C2CC2)cc1. The molecule has 1 saturated carbocycles. The van der Waals surface area contributed by atoms with Crippen LogP contribution in [-0.4, -0.2) is 23.4 Å². The Morgan fingerprint density at radius 3 is 2.57 bits per heavy atom. The van der Waals surface area contributed by atoms with E-state index in [-0.39, 0.29) is 5.91 Å².